The van der Waals surface area contributed by atoms with Crippen molar-refractivity contribution in [2.24, 2.45) is 0 Å². The van der Waals surface area contributed by atoms with Gasteiger partial charge in [0.2, 0.25) is 10.0 Å². The fourth-order valence-electron chi connectivity index (χ4n) is 2.36. The Balaban J connectivity index is 2.01. The van der Waals surface area contributed by atoms with Crippen LogP contribution in [0.25, 0.3) is 0 Å². The van der Waals surface area contributed by atoms with Crippen LogP contribution in [0.2, 0.25) is 0 Å². The summed E-state index contributed by atoms with van der Waals surface area (Å²) in [6, 6.07) is 4.19. The van der Waals surface area contributed by atoms with Gasteiger partial charge in [-0.1, -0.05) is 0 Å². The van der Waals surface area contributed by atoms with Crippen molar-refractivity contribution in [3.8, 4) is 0 Å². The van der Waals surface area contributed by atoms with Gasteiger partial charge in [0.25, 0.3) is 0 Å². The summed E-state index contributed by atoms with van der Waals surface area (Å²) in [7, 11) is -3.06. The van der Waals surface area contributed by atoms with E-state index in [9.17, 15) is 8.42 Å². The molecule has 0 aromatic heterocycles. The lowest BCUT2D eigenvalue weighted by atomic mass is 10.1. The lowest BCUT2D eigenvalue weighted by molar-refractivity contribution is 0.332. The van der Waals surface area contributed by atoms with Crippen molar-refractivity contribution < 1.29 is 8.42 Å². The topological polar surface area (TPSA) is 75.4 Å². The van der Waals surface area contributed by atoms with Crippen molar-refractivity contribution in [2.45, 2.75) is 25.8 Å². The maximum Gasteiger partial charge on any atom is 0.211 e. The highest BCUT2D eigenvalue weighted by Gasteiger charge is 2.25. The van der Waals surface area contributed by atoms with E-state index in [1.165, 1.54) is 10.6 Å². The molecule has 0 radical (unpaired) electrons. The third-order valence-corrected chi connectivity index (χ3v) is 5.60. The number of sulfonamides is 1. The predicted molar refractivity (Wildman–Crippen MR) is 86.4 cm³/mol. The molecule has 1 fully saturated rings. The van der Waals surface area contributed by atoms with Gasteiger partial charge < -0.3 is 11.1 Å². The fourth-order valence-corrected chi connectivity index (χ4v) is 3.71. The number of halogens is 1. The van der Waals surface area contributed by atoms with E-state index in [2.05, 4.69) is 21.2 Å². The van der Waals surface area contributed by atoms with E-state index in [1.807, 2.05) is 19.1 Å². The Labute approximate surface area is 128 Å². The highest BCUT2D eigenvalue weighted by Crippen LogP contribution is 2.29. The van der Waals surface area contributed by atoms with Crippen LogP contribution in [0.4, 0.5) is 11.4 Å². The minimum Gasteiger partial charge on any atom is -0.398 e. The summed E-state index contributed by atoms with van der Waals surface area (Å²) >= 11 is 3.50. The molecule has 2 rings (SSSR count). The Hall–Kier alpha value is -0.790. The van der Waals surface area contributed by atoms with Crippen molar-refractivity contribution in [1.82, 2.24) is 4.31 Å². The zero-order valence-electron chi connectivity index (χ0n) is 11.7. The van der Waals surface area contributed by atoms with Crippen molar-refractivity contribution in [1.29, 1.82) is 0 Å². The number of benzene rings is 1. The van der Waals surface area contributed by atoms with Gasteiger partial charge >= 0.3 is 0 Å². The van der Waals surface area contributed by atoms with Crippen molar-refractivity contribution >= 4 is 37.3 Å². The third-order valence-electron chi connectivity index (χ3n) is 3.64. The number of hydrogen-bond donors (Lipinski definition) is 2. The highest BCUT2D eigenvalue weighted by molar-refractivity contribution is 9.10. The maximum absolute atomic E-state index is 11.5. The molecule has 1 saturated heterocycles. The molecule has 1 aliphatic rings. The monoisotopic (exact) mass is 361 g/mol. The van der Waals surface area contributed by atoms with Gasteiger partial charge in [-0.15, -0.1) is 0 Å². The number of nitrogens with one attached hydrogen (secondary N) is 1. The number of nitrogen functional groups attached to an aromatic ring is 1. The first kappa shape index (κ1) is 15.6. The smallest absolute Gasteiger partial charge is 0.211 e. The van der Waals surface area contributed by atoms with E-state index < -0.39 is 10.0 Å². The number of nitrogens with two attached hydrogens (primary N) is 1. The quantitative estimate of drug-likeness (QED) is 0.809. The van der Waals surface area contributed by atoms with E-state index in [4.69, 9.17) is 5.73 Å². The molecular weight excluding hydrogens is 342 g/mol. The molecule has 3 N–H and O–H groups in total. The molecule has 1 aliphatic heterocycles. The molecule has 0 bridgehead atoms. The third kappa shape index (κ3) is 3.65. The number of piperidine rings is 1. The summed E-state index contributed by atoms with van der Waals surface area (Å²) in [4.78, 5) is 0. The van der Waals surface area contributed by atoms with Crippen LogP contribution in [-0.2, 0) is 10.0 Å². The molecule has 112 valence electrons. The van der Waals surface area contributed by atoms with Crippen LogP contribution in [0.5, 0.6) is 0 Å². The van der Waals surface area contributed by atoms with E-state index in [0.29, 0.717) is 13.1 Å². The SMILES string of the molecule is Cc1cc(NC2CCN(S(C)(=O)=O)CC2)c(Br)cc1N. The van der Waals surface area contributed by atoms with Crippen LogP contribution >= 0.6 is 15.9 Å². The first-order valence-corrected chi connectivity index (χ1v) is 9.19. The Morgan fingerprint density at radius 2 is 1.95 bits per heavy atom. The standard InChI is InChI=1S/C13H20BrN3O2S/c1-9-7-13(11(14)8-12(9)15)16-10-3-5-17(6-4-10)20(2,18)19/h7-8,10,16H,3-6,15H2,1-2H3. The minimum atomic E-state index is -3.06. The summed E-state index contributed by atoms with van der Waals surface area (Å²) in [5.41, 5.74) is 8.66. The lowest BCUT2D eigenvalue weighted by Crippen LogP contribution is -2.41. The Morgan fingerprint density at radius 1 is 1.35 bits per heavy atom. The molecule has 0 unspecified atom stereocenters. The molecule has 0 atom stereocenters. The first-order chi connectivity index (χ1) is 9.27. The summed E-state index contributed by atoms with van der Waals surface area (Å²) in [6.45, 7) is 3.11. The van der Waals surface area contributed by atoms with Gasteiger partial charge in [-0.25, -0.2) is 12.7 Å². The average molecular weight is 362 g/mol. The predicted octanol–water partition coefficient (Wildman–Crippen LogP) is 2.18. The molecule has 20 heavy (non-hydrogen) atoms. The van der Waals surface area contributed by atoms with Gasteiger partial charge in [0.05, 0.1) is 6.26 Å². The second-order valence-corrected chi connectivity index (χ2v) is 8.11. The van der Waals surface area contributed by atoms with Gasteiger partial charge in [0, 0.05) is 35.0 Å². The second-order valence-electron chi connectivity index (χ2n) is 5.27. The molecule has 1 aromatic carbocycles. The molecular formula is C13H20BrN3O2S. The molecule has 1 heterocycles. The number of anilines is 2. The van der Waals surface area contributed by atoms with Crippen LogP contribution in [0.15, 0.2) is 16.6 Å². The van der Waals surface area contributed by atoms with Gasteiger partial charge in [-0.3, -0.25) is 0 Å². The summed E-state index contributed by atoms with van der Waals surface area (Å²) in [6.07, 6.45) is 2.88. The Kier molecular flexibility index (Phi) is 4.61. The second kappa shape index (κ2) is 5.91. The van der Waals surface area contributed by atoms with Crippen LogP contribution in [0.1, 0.15) is 18.4 Å². The molecule has 0 spiro atoms. The van der Waals surface area contributed by atoms with Crippen LogP contribution in [0.3, 0.4) is 0 Å². The molecule has 7 heteroatoms. The maximum atomic E-state index is 11.5. The number of rotatable bonds is 3. The normalized spacial score (nSPS) is 18.1. The van der Waals surface area contributed by atoms with Crippen molar-refractivity contribution in [3.05, 3.63) is 22.2 Å². The lowest BCUT2D eigenvalue weighted by Gasteiger charge is -2.31. The van der Waals surface area contributed by atoms with Crippen LogP contribution in [0, 0.1) is 6.92 Å². The number of hydrogen-bond acceptors (Lipinski definition) is 4. The van der Waals surface area contributed by atoms with Gasteiger partial charge in [-0.2, -0.15) is 0 Å². The van der Waals surface area contributed by atoms with Crippen molar-refractivity contribution in [2.75, 3.05) is 30.4 Å². The number of nitrogens with zero attached hydrogens (tertiary/aromatic N) is 1. The molecule has 1 aromatic rings. The number of aryl methyl sites for hydroxylation is 1. The van der Waals surface area contributed by atoms with Gasteiger partial charge in [0.1, 0.15) is 0 Å². The molecule has 0 amide bonds. The zero-order valence-corrected chi connectivity index (χ0v) is 14.1. The van der Waals surface area contributed by atoms with E-state index >= 15 is 0 Å². The summed E-state index contributed by atoms with van der Waals surface area (Å²) in [5.74, 6) is 0. The van der Waals surface area contributed by atoms with Crippen LogP contribution < -0.4 is 11.1 Å². The minimum absolute atomic E-state index is 0.285. The molecule has 5 nitrogen and oxygen atoms in total. The first-order valence-electron chi connectivity index (χ1n) is 6.54. The molecule has 0 saturated carbocycles. The van der Waals surface area contributed by atoms with Gasteiger partial charge in [-0.05, 0) is 53.4 Å². The highest BCUT2D eigenvalue weighted by atomic mass is 79.9. The van der Waals surface area contributed by atoms with Gasteiger partial charge in [0.15, 0.2) is 0 Å². The largest absolute Gasteiger partial charge is 0.398 e. The van der Waals surface area contributed by atoms with E-state index in [0.717, 1.165) is 34.3 Å². The summed E-state index contributed by atoms with van der Waals surface area (Å²) < 4.78 is 25.4. The fraction of sp³-hybridized carbons (Fsp3) is 0.538. The van der Waals surface area contributed by atoms with E-state index in [-0.39, 0.29) is 6.04 Å². The summed E-state index contributed by atoms with van der Waals surface area (Å²) in [5, 5.41) is 3.47. The zero-order chi connectivity index (χ0) is 14.9. The molecule has 0 aliphatic carbocycles. The van der Waals surface area contributed by atoms with Crippen LogP contribution in [-0.4, -0.2) is 38.1 Å². The Morgan fingerprint density at radius 3 is 2.50 bits per heavy atom. The van der Waals surface area contributed by atoms with E-state index in [1.54, 1.807) is 0 Å². The van der Waals surface area contributed by atoms with Crippen molar-refractivity contribution in [3.63, 3.8) is 0 Å². The average Bonchev–Trinajstić information content (AvgIpc) is 2.35. The Bertz CT molecular complexity index is 596.